The maximum Gasteiger partial charge on any atom is 0.356 e. The van der Waals surface area contributed by atoms with Gasteiger partial charge in [0.25, 0.3) is 0 Å². The molecule has 1 aromatic carbocycles. The minimum Gasteiger partial charge on any atom is -0.366 e. The largest absolute Gasteiger partial charge is 0.366 e. The van der Waals surface area contributed by atoms with Crippen molar-refractivity contribution in [2.24, 2.45) is 0 Å². The summed E-state index contributed by atoms with van der Waals surface area (Å²) in [6.45, 7) is 0. The molecule has 1 N–H and O–H groups in total. The molecule has 14 heavy (non-hydrogen) atoms. The number of rotatable bonds is 3. The second-order valence-electron chi connectivity index (χ2n) is 3.29. The first-order valence-corrected chi connectivity index (χ1v) is 5.27. The normalized spacial score (nSPS) is 15.2. The number of halogens is 1. The number of hydroxylamine groups is 1. The van der Waals surface area contributed by atoms with Crippen molar-refractivity contribution in [3.63, 3.8) is 0 Å². The summed E-state index contributed by atoms with van der Waals surface area (Å²) >= 11 is 3.29. The van der Waals surface area contributed by atoms with Crippen LogP contribution >= 0.6 is 15.9 Å². The van der Waals surface area contributed by atoms with Gasteiger partial charge in [0.15, 0.2) is 0 Å². The summed E-state index contributed by atoms with van der Waals surface area (Å²) < 4.78 is 0.873. The molecule has 0 amide bonds. The average Bonchev–Trinajstić information content (AvgIpc) is 2.97. The number of carbonyl (C=O) groups excluding carboxylic acids is 1. The van der Waals surface area contributed by atoms with Gasteiger partial charge in [-0.05, 0) is 31.0 Å². The number of carbonyl (C=O) groups is 1. The van der Waals surface area contributed by atoms with Crippen molar-refractivity contribution in [2.75, 3.05) is 0 Å². The Balaban J connectivity index is 1.95. The highest BCUT2D eigenvalue weighted by Gasteiger charge is 2.23. The molecule has 3 nitrogen and oxygen atoms in total. The Kier molecular flexibility index (Phi) is 2.84. The van der Waals surface area contributed by atoms with E-state index in [1.54, 1.807) is 18.2 Å². The highest BCUT2D eigenvalue weighted by atomic mass is 79.9. The van der Waals surface area contributed by atoms with Crippen molar-refractivity contribution in [1.82, 2.24) is 5.48 Å². The first kappa shape index (κ1) is 9.68. The quantitative estimate of drug-likeness (QED) is 0.843. The van der Waals surface area contributed by atoms with Crippen LogP contribution in [-0.2, 0) is 4.84 Å². The van der Waals surface area contributed by atoms with Crippen LogP contribution in [0, 0.1) is 0 Å². The Morgan fingerprint density at radius 1 is 1.50 bits per heavy atom. The third-order valence-corrected chi connectivity index (χ3v) is 2.45. The molecule has 4 heteroatoms. The van der Waals surface area contributed by atoms with Crippen molar-refractivity contribution < 1.29 is 9.63 Å². The fourth-order valence-corrected chi connectivity index (χ4v) is 1.41. The van der Waals surface area contributed by atoms with E-state index in [2.05, 4.69) is 21.4 Å². The first-order valence-electron chi connectivity index (χ1n) is 4.48. The summed E-state index contributed by atoms with van der Waals surface area (Å²) in [7, 11) is 0. The molecule has 1 aromatic rings. The van der Waals surface area contributed by atoms with Crippen LogP contribution in [0.1, 0.15) is 23.2 Å². The maximum atomic E-state index is 11.4. The molecule has 0 unspecified atom stereocenters. The van der Waals surface area contributed by atoms with Crippen molar-refractivity contribution >= 4 is 21.9 Å². The minimum atomic E-state index is -0.335. The summed E-state index contributed by atoms with van der Waals surface area (Å²) in [5, 5.41) is 0. The predicted octanol–water partition coefficient (Wildman–Crippen LogP) is 2.27. The molecule has 0 aromatic heterocycles. The van der Waals surface area contributed by atoms with Crippen LogP contribution in [0.2, 0.25) is 0 Å². The van der Waals surface area contributed by atoms with Gasteiger partial charge in [0.1, 0.15) is 0 Å². The molecule has 74 valence electrons. The Bertz CT molecular complexity index is 350. The van der Waals surface area contributed by atoms with Crippen molar-refractivity contribution in [3.8, 4) is 0 Å². The van der Waals surface area contributed by atoms with Gasteiger partial charge in [0.05, 0.1) is 5.56 Å². The fraction of sp³-hybridized carbons (Fsp3) is 0.300. The standard InChI is InChI=1S/C10H10BrNO2/c11-8-3-1-2-7(6-8)10(13)14-12-9-4-5-9/h1-3,6,9,12H,4-5H2. The summed E-state index contributed by atoms with van der Waals surface area (Å²) in [4.78, 5) is 16.3. The van der Waals surface area contributed by atoms with E-state index in [0.29, 0.717) is 11.6 Å². The number of benzene rings is 1. The molecule has 0 bridgehead atoms. The van der Waals surface area contributed by atoms with E-state index in [1.807, 2.05) is 6.07 Å². The Labute approximate surface area is 90.5 Å². The van der Waals surface area contributed by atoms with Crippen LogP contribution in [0.25, 0.3) is 0 Å². The second-order valence-corrected chi connectivity index (χ2v) is 4.21. The van der Waals surface area contributed by atoms with Gasteiger partial charge in [-0.1, -0.05) is 22.0 Å². The van der Waals surface area contributed by atoms with Gasteiger partial charge in [-0.3, -0.25) is 0 Å². The Morgan fingerprint density at radius 2 is 2.29 bits per heavy atom. The molecule has 0 atom stereocenters. The summed E-state index contributed by atoms with van der Waals surface area (Å²) in [6, 6.07) is 7.49. The topological polar surface area (TPSA) is 38.3 Å². The predicted molar refractivity (Wildman–Crippen MR) is 55.7 cm³/mol. The van der Waals surface area contributed by atoms with E-state index in [0.717, 1.165) is 17.3 Å². The molecule has 1 aliphatic carbocycles. The van der Waals surface area contributed by atoms with Gasteiger partial charge in [0, 0.05) is 10.5 Å². The smallest absolute Gasteiger partial charge is 0.356 e. The molecular formula is C10H10BrNO2. The molecule has 0 radical (unpaired) electrons. The molecule has 0 aliphatic heterocycles. The van der Waals surface area contributed by atoms with E-state index in [1.165, 1.54) is 0 Å². The molecule has 0 heterocycles. The van der Waals surface area contributed by atoms with Gasteiger partial charge in [-0.15, -0.1) is 5.48 Å². The zero-order valence-electron chi connectivity index (χ0n) is 7.50. The van der Waals surface area contributed by atoms with Crippen LogP contribution in [0.5, 0.6) is 0 Å². The minimum absolute atomic E-state index is 0.335. The van der Waals surface area contributed by atoms with Gasteiger partial charge in [0.2, 0.25) is 0 Å². The number of hydrogen-bond acceptors (Lipinski definition) is 3. The maximum absolute atomic E-state index is 11.4. The van der Waals surface area contributed by atoms with Crippen LogP contribution in [0.3, 0.4) is 0 Å². The second kappa shape index (κ2) is 4.11. The summed E-state index contributed by atoms with van der Waals surface area (Å²) in [5.41, 5.74) is 3.26. The van der Waals surface area contributed by atoms with Crippen molar-refractivity contribution in [1.29, 1.82) is 0 Å². The zero-order valence-corrected chi connectivity index (χ0v) is 9.08. The van der Waals surface area contributed by atoms with Crippen LogP contribution in [0.4, 0.5) is 0 Å². The lowest BCUT2D eigenvalue weighted by molar-refractivity contribution is 0.0236. The number of hydrogen-bond donors (Lipinski definition) is 1. The third-order valence-electron chi connectivity index (χ3n) is 1.96. The van der Waals surface area contributed by atoms with E-state index in [-0.39, 0.29) is 5.97 Å². The van der Waals surface area contributed by atoms with E-state index < -0.39 is 0 Å². The van der Waals surface area contributed by atoms with Gasteiger partial charge >= 0.3 is 5.97 Å². The number of nitrogens with one attached hydrogen (secondary N) is 1. The monoisotopic (exact) mass is 255 g/mol. The highest BCUT2D eigenvalue weighted by molar-refractivity contribution is 9.10. The lowest BCUT2D eigenvalue weighted by Crippen LogP contribution is -2.21. The summed E-state index contributed by atoms with van der Waals surface area (Å²) in [6.07, 6.45) is 2.18. The van der Waals surface area contributed by atoms with E-state index in [4.69, 9.17) is 4.84 Å². The van der Waals surface area contributed by atoms with Crippen LogP contribution < -0.4 is 5.48 Å². The SMILES string of the molecule is O=C(ONC1CC1)c1cccc(Br)c1. The van der Waals surface area contributed by atoms with E-state index in [9.17, 15) is 4.79 Å². The average molecular weight is 256 g/mol. The lowest BCUT2D eigenvalue weighted by Gasteiger charge is -2.03. The molecule has 0 saturated heterocycles. The fourth-order valence-electron chi connectivity index (χ4n) is 1.01. The molecule has 1 fully saturated rings. The molecule has 2 rings (SSSR count). The molecule has 1 aliphatic rings. The molecular weight excluding hydrogens is 246 g/mol. The third kappa shape index (κ3) is 2.56. The Morgan fingerprint density at radius 3 is 2.93 bits per heavy atom. The van der Waals surface area contributed by atoms with Gasteiger partial charge in [-0.25, -0.2) is 4.79 Å². The highest BCUT2D eigenvalue weighted by Crippen LogP contribution is 2.19. The van der Waals surface area contributed by atoms with Crippen LogP contribution in [0.15, 0.2) is 28.7 Å². The first-order chi connectivity index (χ1) is 6.75. The van der Waals surface area contributed by atoms with Crippen LogP contribution in [-0.4, -0.2) is 12.0 Å². The van der Waals surface area contributed by atoms with Crippen molar-refractivity contribution in [3.05, 3.63) is 34.3 Å². The molecule has 1 saturated carbocycles. The lowest BCUT2D eigenvalue weighted by atomic mass is 10.2. The summed E-state index contributed by atoms with van der Waals surface area (Å²) in [5.74, 6) is -0.335. The zero-order chi connectivity index (χ0) is 9.97. The molecule has 0 spiro atoms. The Hall–Kier alpha value is -0.870. The van der Waals surface area contributed by atoms with E-state index >= 15 is 0 Å². The van der Waals surface area contributed by atoms with Gasteiger partial charge < -0.3 is 4.84 Å². The van der Waals surface area contributed by atoms with Gasteiger partial charge in [-0.2, -0.15) is 0 Å². The van der Waals surface area contributed by atoms with Crippen molar-refractivity contribution in [2.45, 2.75) is 18.9 Å².